The monoisotopic (exact) mass is 383 g/mol. The Hall–Kier alpha value is -2.79. The van der Waals surface area contributed by atoms with Crippen molar-refractivity contribution in [2.75, 3.05) is 13.2 Å². The zero-order valence-electron chi connectivity index (χ0n) is 13.0. The molecule has 1 heterocycles. The number of benzene rings is 1. The minimum Gasteiger partial charge on any atom is -0.483 e. The van der Waals surface area contributed by atoms with Crippen LogP contribution >= 0.6 is 0 Å². The van der Waals surface area contributed by atoms with Gasteiger partial charge in [-0.15, -0.1) is 5.10 Å². The summed E-state index contributed by atoms with van der Waals surface area (Å²) in [5, 5.41) is 9.29. The second-order valence-corrected chi connectivity index (χ2v) is 4.85. The van der Waals surface area contributed by atoms with E-state index < -0.39 is 36.2 Å². The number of carbonyl (C=O) groups is 1. The first-order chi connectivity index (χ1) is 12.0. The van der Waals surface area contributed by atoms with Gasteiger partial charge in [0, 0.05) is 5.56 Å². The Balaban J connectivity index is 2.46. The largest absolute Gasteiger partial charge is 0.483 e. The maximum Gasteiger partial charge on any atom is 0.422 e. The molecule has 0 aliphatic carbocycles. The Morgan fingerprint density at radius 1 is 1.15 bits per heavy atom. The number of H-pyrrole nitrogens is 1. The summed E-state index contributed by atoms with van der Waals surface area (Å²) in [6.45, 7) is -0.375. The van der Waals surface area contributed by atoms with Gasteiger partial charge >= 0.3 is 18.3 Å². The normalized spacial score (nSPS) is 12.1. The van der Waals surface area contributed by atoms with Crippen LogP contribution in [0.3, 0.4) is 0 Å². The van der Waals surface area contributed by atoms with Crippen molar-refractivity contribution in [3.63, 3.8) is 0 Å². The average Bonchev–Trinajstić information content (AvgIpc) is 3.01. The highest BCUT2D eigenvalue weighted by Crippen LogP contribution is 2.39. The van der Waals surface area contributed by atoms with Crippen LogP contribution in [0, 0.1) is 0 Å². The number of aromatic nitrogens is 3. The lowest BCUT2D eigenvalue weighted by molar-refractivity contribution is -0.158. The number of ether oxygens (including phenoxy) is 2. The molecule has 1 aromatic heterocycles. The number of hydrogen-bond donors (Lipinski definition) is 1. The number of hydrogen-bond acceptors (Lipinski definition) is 5. The average molecular weight is 383 g/mol. The van der Waals surface area contributed by atoms with Crippen molar-refractivity contribution in [1.82, 2.24) is 15.4 Å². The third kappa shape index (κ3) is 4.64. The van der Waals surface area contributed by atoms with Crippen LogP contribution < -0.4 is 4.74 Å². The van der Waals surface area contributed by atoms with Crippen LogP contribution in [0.25, 0.3) is 11.3 Å². The Morgan fingerprint density at radius 3 is 2.42 bits per heavy atom. The van der Waals surface area contributed by atoms with Gasteiger partial charge < -0.3 is 9.47 Å². The number of nitrogens with zero attached hydrogens (tertiary/aromatic N) is 2. The summed E-state index contributed by atoms with van der Waals surface area (Å²) in [6, 6.07) is 2.17. The van der Waals surface area contributed by atoms with Crippen molar-refractivity contribution >= 4 is 5.97 Å². The van der Waals surface area contributed by atoms with E-state index in [1.165, 1.54) is 6.92 Å². The van der Waals surface area contributed by atoms with E-state index in [9.17, 15) is 31.1 Å². The molecule has 0 radical (unpaired) electrons. The number of alkyl halides is 6. The third-order valence-electron chi connectivity index (χ3n) is 2.97. The fourth-order valence-electron chi connectivity index (χ4n) is 1.96. The number of halogens is 6. The van der Waals surface area contributed by atoms with Crippen molar-refractivity contribution in [3.8, 4) is 17.0 Å². The van der Waals surface area contributed by atoms with Crippen molar-refractivity contribution in [3.05, 3.63) is 29.5 Å². The van der Waals surface area contributed by atoms with Gasteiger partial charge in [-0.3, -0.25) is 0 Å². The predicted molar refractivity (Wildman–Crippen MR) is 74.3 cm³/mol. The number of aromatic amines is 1. The summed E-state index contributed by atoms with van der Waals surface area (Å²) in [6.07, 6.45) is -9.77. The van der Waals surface area contributed by atoms with E-state index in [4.69, 9.17) is 4.74 Å². The lowest BCUT2D eigenvalue weighted by Gasteiger charge is -2.16. The number of carbonyl (C=O) groups excluding carboxylic acids is 1. The Morgan fingerprint density at radius 2 is 1.85 bits per heavy atom. The number of nitrogens with one attached hydrogen (secondary N) is 1. The second-order valence-electron chi connectivity index (χ2n) is 4.85. The maximum atomic E-state index is 13.0. The summed E-state index contributed by atoms with van der Waals surface area (Å²) < 4.78 is 84.9. The molecule has 0 bridgehead atoms. The summed E-state index contributed by atoms with van der Waals surface area (Å²) in [7, 11) is 0. The summed E-state index contributed by atoms with van der Waals surface area (Å²) in [4.78, 5) is 11.8. The molecule has 142 valence electrons. The predicted octanol–water partition coefficient (Wildman–Crippen LogP) is 3.61. The smallest absolute Gasteiger partial charge is 0.422 e. The molecule has 12 heteroatoms. The van der Waals surface area contributed by atoms with E-state index in [0.29, 0.717) is 12.1 Å². The van der Waals surface area contributed by atoms with Crippen LogP contribution in [-0.2, 0) is 10.9 Å². The van der Waals surface area contributed by atoms with Crippen LogP contribution in [0.5, 0.6) is 5.75 Å². The zero-order valence-corrected chi connectivity index (χ0v) is 13.0. The van der Waals surface area contributed by atoms with Crippen molar-refractivity contribution in [2.24, 2.45) is 0 Å². The van der Waals surface area contributed by atoms with Gasteiger partial charge in [-0.25, -0.2) is 4.79 Å². The minimum absolute atomic E-state index is 0.0120. The van der Waals surface area contributed by atoms with Crippen molar-refractivity contribution in [1.29, 1.82) is 0 Å². The molecule has 0 saturated carbocycles. The van der Waals surface area contributed by atoms with Gasteiger partial charge in [0.15, 0.2) is 12.3 Å². The molecule has 0 amide bonds. The fourth-order valence-corrected chi connectivity index (χ4v) is 1.96. The first-order valence-corrected chi connectivity index (χ1v) is 7.02. The summed E-state index contributed by atoms with van der Waals surface area (Å²) in [5.74, 6) is -1.95. The van der Waals surface area contributed by atoms with E-state index in [1.54, 1.807) is 0 Å². The molecule has 6 nitrogen and oxygen atoms in total. The molecule has 2 aromatic rings. The van der Waals surface area contributed by atoms with Gasteiger partial charge in [0.2, 0.25) is 0 Å². The molecule has 0 aliphatic heterocycles. The molecular formula is C14H11F6N3O3. The molecule has 0 aliphatic rings. The number of esters is 1. The Labute approximate surface area is 142 Å². The van der Waals surface area contributed by atoms with Crippen LogP contribution in [0.4, 0.5) is 26.3 Å². The highest BCUT2D eigenvalue weighted by molar-refractivity contribution is 5.94. The molecule has 1 aromatic carbocycles. The van der Waals surface area contributed by atoms with Gasteiger partial charge in [0.1, 0.15) is 11.4 Å². The van der Waals surface area contributed by atoms with Crippen LogP contribution in [-0.4, -0.2) is 40.8 Å². The van der Waals surface area contributed by atoms with E-state index in [2.05, 4.69) is 20.1 Å². The minimum atomic E-state index is -4.94. The van der Waals surface area contributed by atoms with Crippen LogP contribution in [0.2, 0.25) is 0 Å². The first-order valence-electron chi connectivity index (χ1n) is 7.02. The van der Waals surface area contributed by atoms with Gasteiger partial charge in [0.25, 0.3) is 0 Å². The quantitative estimate of drug-likeness (QED) is 0.631. The lowest BCUT2D eigenvalue weighted by atomic mass is 10.1. The summed E-state index contributed by atoms with van der Waals surface area (Å²) >= 11 is 0. The van der Waals surface area contributed by atoms with Gasteiger partial charge in [0.05, 0.1) is 12.2 Å². The van der Waals surface area contributed by atoms with Gasteiger partial charge in [-0.2, -0.15) is 36.7 Å². The Kier molecular flexibility index (Phi) is 5.42. The van der Waals surface area contributed by atoms with Crippen molar-refractivity contribution < 1.29 is 40.6 Å². The van der Waals surface area contributed by atoms with E-state index in [0.717, 1.165) is 6.07 Å². The SMILES string of the molecule is CCOC(=O)c1n[nH]nc1-c1ccc(C(F)(F)F)c(OCC(F)(F)F)c1. The highest BCUT2D eigenvalue weighted by Gasteiger charge is 2.36. The maximum absolute atomic E-state index is 13.0. The van der Waals surface area contributed by atoms with Gasteiger partial charge in [-0.1, -0.05) is 6.07 Å². The topological polar surface area (TPSA) is 77.1 Å². The zero-order chi connectivity index (χ0) is 19.5. The molecule has 0 saturated heterocycles. The third-order valence-corrected chi connectivity index (χ3v) is 2.97. The molecule has 0 unspecified atom stereocenters. The fraction of sp³-hybridized carbons (Fsp3) is 0.357. The van der Waals surface area contributed by atoms with E-state index in [-0.39, 0.29) is 23.6 Å². The van der Waals surface area contributed by atoms with Crippen LogP contribution in [0.15, 0.2) is 18.2 Å². The molecule has 0 spiro atoms. The van der Waals surface area contributed by atoms with Crippen LogP contribution in [0.1, 0.15) is 23.0 Å². The van der Waals surface area contributed by atoms with Crippen molar-refractivity contribution in [2.45, 2.75) is 19.3 Å². The highest BCUT2D eigenvalue weighted by atomic mass is 19.4. The number of rotatable bonds is 5. The lowest BCUT2D eigenvalue weighted by Crippen LogP contribution is -2.21. The first kappa shape index (κ1) is 19.5. The molecule has 0 fully saturated rings. The molecule has 1 N–H and O–H groups in total. The molecule has 2 rings (SSSR count). The molecule has 0 atom stereocenters. The summed E-state index contributed by atoms with van der Waals surface area (Å²) in [5.41, 5.74) is -2.01. The van der Waals surface area contributed by atoms with E-state index in [1.807, 2.05) is 0 Å². The van der Waals surface area contributed by atoms with E-state index >= 15 is 0 Å². The van der Waals surface area contributed by atoms with Gasteiger partial charge in [-0.05, 0) is 19.1 Å². The Bertz CT molecular complexity index is 785. The second kappa shape index (κ2) is 7.22. The standard InChI is InChI=1S/C14H11F6N3O3/c1-2-25-12(24)11-10(21-23-22-11)7-3-4-8(14(18,19)20)9(5-7)26-6-13(15,16)17/h3-5H,2,6H2,1H3,(H,21,22,23). The molecule has 26 heavy (non-hydrogen) atoms. The molecular weight excluding hydrogens is 372 g/mol.